The molecule has 2 N–H and O–H groups in total. The van der Waals surface area contributed by atoms with E-state index in [9.17, 15) is 18.0 Å². The fourth-order valence-corrected chi connectivity index (χ4v) is 2.81. The molecule has 0 fully saturated rings. The third kappa shape index (κ3) is 3.73. The van der Waals surface area contributed by atoms with Gasteiger partial charge in [0.2, 0.25) is 0 Å². The number of pyridine rings is 2. The summed E-state index contributed by atoms with van der Waals surface area (Å²) in [7, 11) is 0. The largest absolute Gasteiger partial charge is 0.352 e. The number of para-hydroxylation sites is 1. The Bertz CT molecular complexity index is 1220. The number of carbonyl (C=O) groups is 1. The molecular weight excluding hydrogens is 381 g/mol. The van der Waals surface area contributed by atoms with Gasteiger partial charge in [0.25, 0.3) is 5.91 Å². The van der Waals surface area contributed by atoms with Crippen molar-refractivity contribution in [1.29, 1.82) is 0 Å². The minimum Gasteiger partial charge on any atom is -0.352 e. The first kappa shape index (κ1) is 18.4. The number of hydrogen-bond acceptors (Lipinski definition) is 4. The summed E-state index contributed by atoms with van der Waals surface area (Å²) < 4.78 is 40.3. The van der Waals surface area contributed by atoms with Crippen molar-refractivity contribution in [2.45, 2.75) is 0 Å². The Hall–Kier alpha value is -3.94. The second-order valence-electron chi connectivity index (χ2n) is 6.15. The van der Waals surface area contributed by atoms with E-state index < -0.39 is 23.4 Å². The molecule has 2 aromatic heterocycles. The number of halogens is 3. The fourth-order valence-electron chi connectivity index (χ4n) is 2.81. The van der Waals surface area contributed by atoms with Crippen LogP contribution in [0.3, 0.4) is 0 Å². The van der Waals surface area contributed by atoms with Gasteiger partial charge < -0.3 is 10.6 Å². The summed E-state index contributed by atoms with van der Waals surface area (Å²) in [5, 5.41) is 6.23. The van der Waals surface area contributed by atoms with Crippen molar-refractivity contribution in [3.8, 4) is 0 Å². The molecule has 4 rings (SSSR count). The zero-order valence-corrected chi connectivity index (χ0v) is 14.8. The van der Waals surface area contributed by atoms with Crippen LogP contribution in [-0.4, -0.2) is 15.9 Å². The van der Waals surface area contributed by atoms with E-state index in [2.05, 4.69) is 20.6 Å². The van der Waals surface area contributed by atoms with Gasteiger partial charge in [0.15, 0.2) is 17.5 Å². The lowest BCUT2D eigenvalue weighted by molar-refractivity contribution is 0.102. The number of nitrogens with one attached hydrogen (secondary N) is 2. The maximum Gasteiger partial charge on any atom is 0.257 e. The number of rotatable bonds is 4. The highest BCUT2D eigenvalue weighted by Gasteiger charge is 2.15. The normalized spacial score (nSPS) is 10.7. The third-order valence-electron chi connectivity index (χ3n) is 4.20. The van der Waals surface area contributed by atoms with Crippen molar-refractivity contribution >= 4 is 33.9 Å². The van der Waals surface area contributed by atoms with Gasteiger partial charge in [-0.05, 0) is 30.3 Å². The van der Waals surface area contributed by atoms with Crippen molar-refractivity contribution in [3.05, 3.63) is 90.1 Å². The van der Waals surface area contributed by atoms with Crippen LogP contribution in [0.4, 0.5) is 30.2 Å². The molecule has 0 bridgehead atoms. The number of anilines is 3. The molecule has 5 nitrogen and oxygen atoms in total. The molecule has 2 aromatic carbocycles. The first-order valence-corrected chi connectivity index (χ1v) is 8.53. The Balaban J connectivity index is 1.58. The van der Waals surface area contributed by atoms with Gasteiger partial charge in [0.05, 0.1) is 34.3 Å². The molecule has 0 spiro atoms. The molecule has 2 heterocycles. The molecule has 0 atom stereocenters. The molecule has 4 aromatic rings. The highest BCUT2D eigenvalue weighted by Crippen LogP contribution is 2.25. The lowest BCUT2D eigenvalue weighted by Crippen LogP contribution is -2.13. The van der Waals surface area contributed by atoms with Gasteiger partial charge in [-0.2, -0.15) is 0 Å². The van der Waals surface area contributed by atoms with E-state index in [1.807, 2.05) is 12.1 Å². The van der Waals surface area contributed by atoms with Crippen LogP contribution in [0.15, 0.2) is 67.1 Å². The maximum atomic E-state index is 13.9. The SMILES string of the molecule is O=C(Nc1cccc2cccnc12)c1cncc(Nc2ccc(F)c(F)c2F)c1. The standard InChI is InChI=1S/C21H13F3N4O/c22-15-6-7-16(19(24)18(15)23)27-14-9-13(10-25-11-14)21(29)28-17-5-1-3-12-4-2-8-26-20(12)17/h1-11,27H,(H,28,29). The van der Waals surface area contributed by atoms with Gasteiger partial charge in [-0.3, -0.25) is 14.8 Å². The van der Waals surface area contributed by atoms with E-state index in [0.29, 0.717) is 11.2 Å². The number of nitrogens with zero attached hydrogens (tertiary/aromatic N) is 2. The Morgan fingerprint density at radius 2 is 1.72 bits per heavy atom. The number of hydrogen-bond donors (Lipinski definition) is 2. The highest BCUT2D eigenvalue weighted by molar-refractivity contribution is 6.08. The van der Waals surface area contributed by atoms with Gasteiger partial charge in [-0.25, -0.2) is 13.2 Å². The first-order chi connectivity index (χ1) is 14.0. The van der Waals surface area contributed by atoms with Gasteiger partial charge in [0, 0.05) is 17.8 Å². The van der Waals surface area contributed by atoms with Crippen LogP contribution in [0.5, 0.6) is 0 Å². The van der Waals surface area contributed by atoms with Gasteiger partial charge in [-0.1, -0.05) is 18.2 Å². The second kappa shape index (κ2) is 7.59. The van der Waals surface area contributed by atoms with E-state index in [-0.39, 0.29) is 16.9 Å². The average Bonchev–Trinajstić information content (AvgIpc) is 2.75. The topological polar surface area (TPSA) is 66.9 Å². The Kier molecular flexibility index (Phi) is 4.82. The van der Waals surface area contributed by atoms with Crippen molar-refractivity contribution in [2.24, 2.45) is 0 Å². The first-order valence-electron chi connectivity index (χ1n) is 8.53. The zero-order valence-electron chi connectivity index (χ0n) is 14.8. The third-order valence-corrected chi connectivity index (χ3v) is 4.20. The quantitative estimate of drug-likeness (QED) is 0.476. The summed E-state index contributed by atoms with van der Waals surface area (Å²) in [5.41, 5.74) is 1.30. The summed E-state index contributed by atoms with van der Waals surface area (Å²) in [6.07, 6.45) is 4.29. The lowest BCUT2D eigenvalue weighted by Gasteiger charge is -2.11. The second-order valence-corrected chi connectivity index (χ2v) is 6.15. The molecule has 144 valence electrons. The summed E-state index contributed by atoms with van der Waals surface area (Å²) in [6.45, 7) is 0. The lowest BCUT2D eigenvalue weighted by atomic mass is 10.1. The summed E-state index contributed by atoms with van der Waals surface area (Å²) in [4.78, 5) is 20.9. The van der Waals surface area contributed by atoms with Crippen molar-refractivity contribution in [2.75, 3.05) is 10.6 Å². The van der Waals surface area contributed by atoms with E-state index >= 15 is 0 Å². The predicted molar refractivity (Wildman–Crippen MR) is 104 cm³/mol. The van der Waals surface area contributed by atoms with Gasteiger partial charge >= 0.3 is 0 Å². The number of carbonyl (C=O) groups excluding carboxylic acids is 1. The fraction of sp³-hybridized carbons (Fsp3) is 0. The smallest absolute Gasteiger partial charge is 0.257 e. The van der Waals surface area contributed by atoms with E-state index in [1.165, 1.54) is 18.5 Å². The molecule has 0 aliphatic carbocycles. The Morgan fingerprint density at radius 3 is 2.59 bits per heavy atom. The van der Waals surface area contributed by atoms with Crippen LogP contribution in [0, 0.1) is 17.5 Å². The molecule has 0 saturated carbocycles. The minimum absolute atomic E-state index is 0.186. The Morgan fingerprint density at radius 1 is 0.897 bits per heavy atom. The van der Waals surface area contributed by atoms with E-state index in [1.54, 1.807) is 24.4 Å². The predicted octanol–water partition coefficient (Wildman–Crippen LogP) is 5.04. The number of benzene rings is 2. The summed E-state index contributed by atoms with van der Waals surface area (Å²) in [6, 6.07) is 12.3. The molecule has 0 aliphatic heterocycles. The van der Waals surface area contributed by atoms with Crippen LogP contribution < -0.4 is 10.6 Å². The van der Waals surface area contributed by atoms with Crippen LogP contribution in [0.25, 0.3) is 10.9 Å². The van der Waals surface area contributed by atoms with Gasteiger partial charge in [0.1, 0.15) is 0 Å². The van der Waals surface area contributed by atoms with Crippen molar-refractivity contribution < 1.29 is 18.0 Å². The van der Waals surface area contributed by atoms with Crippen molar-refractivity contribution in [3.63, 3.8) is 0 Å². The Labute approximate surface area is 163 Å². The highest BCUT2D eigenvalue weighted by atomic mass is 19.2. The molecule has 0 radical (unpaired) electrons. The number of amides is 1. The summed E-state index contributed by atoms with van der Waals surface area (Å²) in [5.74, 6) is -4.69. The molecule has 8 heteroatoms. The van der Waals surface area contributed by atoms with Crippen molar-refractivity contribution in [1.82, 2.24) is 9.97 Å². The van der Waals surface area contributed by atoms with Crippen LogP contribution >= 0.6 is 0 Å². The van der Waals surface area contributed by atoms with Crippen LogP contribution in [0.1, 0.15) is 10.4 Å². The van der Waals surface area contributed by atoms with E-state index in [0.717, 1.165) is 17.5 Å². The van der Waals surface area contributed by atoms with Crippen LogP contribution in [-0.2, 0) is 0 Å². The molecule has 0 unspecified atom stereocenters. The average molecular weight is 394 g/mol. The maximum absolute atomic E-state index is 13.9. The molecule has 29 heavy (non-hydrogen) atoms. The monoisotopic (exact) mass is 394 g/mol. The van der Waals surface area contributed by atoms with E-state index in [4.69, 9.17) is 0 Å². The molecule has 0 saturated heterocycles. The molecule has 1 amide bonds. The minimum atomic E-state index is -1.58. The summed E-state index contributed by atoms with van der Waals surface area (Å²) >= 11 is 0. The zero-order chi connectivity index (χ0) is 20.4. The number of fused-ring (bicyclic) bond motifs is 1. The molecular formula is C21H13F3N4O. The van der Waals surface area contributed by atoms with Gasteiger partial charge in [-0.15, -0.1) is 0 Å². The number of aromatic nitrogens is 2. The molecule has 0 aliphatic rings. The van der Waals surface area contributed by atoms with Crippen LogP contribution in [0.2, 0.25) is 0 Å².